The SMILES string of the molecule is CC(C)NC(=O)CN1CN(c2ccccc2)C2(CCN(S(=O)(=O)c3cccc(C(F)(F)F)c3)CC2)C1=O. The molecule has 2 heterocycles. The van der Waals surface area contributed by atoms with Crippen LogP contribution in [-0.2, 0) is 25.8 Å². The van der Waals surface area contributed by atoms with E-state index in [1.54, 1.807) is 0 Å². The molecule has 200 valence electrons. The number of anilines is 1. The topological polar surface area (TPSA) is 90.0 Å². The zero-order chi connectivity index (χ0) is 27.0. The molecule has 1 N–H and O–H groups in total. The number of amides is 2. The van der Waals surface area contributed by atoms with Gasteiger partial charge in [0.15, 0.2) is 0 Å². The summed E-state index contributed by atoms with van der Waals surface area (Å²) in [5.41, 5.74) is -1.35. The van der Waals surface area contributed by atoms with Crippen LogP contribution in [0.1, 0.15) is 32.3 Å². The molecule has 0 radical (unpaired) electrons. The normalized spacial score (nSPS) is 18.6. The Kier molecular flexibility index (Phi) is 7.26. The summed E-state index contributed by atoms with van der Waals surface area (Å²) in [5.74, 6) is -0.565. The minimum absolute atomic E-state index is 0.0559. The molecule has 4 rings (SSSR count). The van der Waals surface area contributed by atoms with Crippen LogP contribution in [0.15, 0.2) is 59.5 Å². The van der Waals surface area contributed by atoms with Gasteiger partial charge in [0.2, 0.25) is 21.8 Å². The number of hydrogen-bond acceptors (Lipinski definition) is 5. The van der Waals surface area contributed by atoms with E-state index in [1.807, 2.05) is 49.1 Å². The van der Waals surface area contributed by atoms with E-state index in [1.165, 1.54) is 4.90 Å². The van der Waals surface area contributed by atoms with Crippen LogP contribution in [0.5, 0.6) is 0 Å². The van der Waals surface area contributed by atoms with Gasteiger partial charge >= 0.3 is 6.18 Å². The maximum absolute atomic E-state index is 13.7. The maximum atomic E-state index is 13.7. The summed E-state index contributed by atoms with van der Waals surface area (Å²) in [7, 11) is -4.21. The second-order valence-corrected chi connectivity index (χ2v) is 11.5. The van der Waals surface area contributed by atoms with Gasteiger partial charge in [-0.15, -0.1) is 0 Å². The smallest absolute Gasteiger partial charge is 0.352 e. The van der Waals surface area contributed by atoms with E-state index in [0.717, 1.165) is 28.2 Å². The number of para-hydroxylation sites is 1. The summed E-state index contributed by atoms with van der Waals surface area (Å²) in [6.45, 7) is 3.56. The molecule has 0 unspecified atom stereocenters. The van der Waals surface area contributed by atoms with Gasteiger partial charge in [0.05, 0.1) is 17.1 Å². The first-order valence-electron chi connectivity index (χ1n) is 11.9. The number of sulfonamides is 1. The molecule has 2 aromatic rings. The Balaban J connectivity index is 1.59. The number of piperidine rings is 1. The largest absolute Gasteiger partial charge is 0.416 e. The molecule has 8 nitrogen and oxygen atoms in total. The van der Waals surface area contributed by atoms with Gasteiger partial charge in [0, 0.05) is 24.8 Å². The Morgan fingerprint density at radius 3 is 2.30 bits per heavy atom. The number of carbonyl (C=O) groups excluding carboxylic acids is 2. The predicted molar refractivity (Wildman–Crippen MR) is 131 cm³/mol. The fourth-order valence-electron chi connectivity index (χ4n) is 4.94. The third kappa shape index (κ3) is 5.30. The average Bonchev–Trinajstić information content (AvgIpc) is 3.10. The van der Waals surface area contributed by atoms with E-state index >= 15 is 0 Å². The number of alkyl halides is 3. The number of hydrogen-bond donors (Lipinski definition) is 1. The average molecular weight is 539 g/mol. The first-order valence-corrected chi connectivity index (χ1v) is 13.4. The fraction of sp³-hybridized carbons (Fsp3) is 0.440. The van der Waals surface area contributed by atoms with Crippen LogP contribution in [0.2, 0.25) is 0 Å². The van der Waals surface area contributed by atoms with Crippen molar-refractivity contribution in [2.24, 2.45) is 0 Å². The number of nitrogens with zero attached hydrogens (tertiary/aromatic N) is 3. The van der Waals surface area contributed by atoms with Crippen LogP contribution in [-0.4, -0.2) is 67.3 Å². The number of carbonyl (C=O) groups is 2. The van der Waals surface area contributed by atoms with Crippen molar-refractivity contribution in [3.63, 3.8) is 0 Å². The third-order valence-electron chi connectivity index (χ3n) is 6.71. The van der Waals surface area contributed by atoms with Gasteiger partial charge in [-0.05, 0) is 57.0 Å². The molecule has 0 aromatic heterocycles. The standard InChI is InChI=1S/C25H29F3N4O4S/c1-18(2)29-22(33)16-30-17-32(20-8-4-3-5-9-20)24(23(30)34)11-13-31(14-12-24)37(35,36)21-10-6-7-19(15-21)25(26,27)28/h3-10,15,18H,11-14,16-17H2,1-2H3,(H,29,33). The Morgan fingerprint density at radius 1 is 1.05 bits per heavy atom. The van der Waals surface area contributed by atoms with Crippen LogP contribution >= 0.6 is 0 Å². The van der Waals surface area contributed by atoms with Crippen molar-refractivity contribution in [1.29, 1.82) is 0 Å². The zero-order valence-electron chi connectivity index (χ0n) is 20.5. The van der Waals surface area contributed by atoms with Gasteiger partial charge in [-0.3, -0.25) is 9.59 Å². The Bertz CT molecular complexity index is 1260. The minimum Gasteiger partial charge on any atom is -0.352 e. The first-order chi connectivity index (χ1) is 17.3. The lowest BCUT2D eigenvalue weighted by Gasteiger charge is -2.42. The van der Waals surface area contributed by atoms with Crippen LogP contribution in [0.4, 0.5) is 18.9 Å². The van der Waals surface area contributed by atoms with Gasteiger partial charge in [-0.25, -0.2) is 8.42 Å². The van der Waals surface area contributed by atoms with Crippen LogP contribution < -0.4 is 10.2 Å². The lowest BCUT2D eigenvalue weighted by atomic mass is 9.86. The van der Waals surface area contributed by atoms with E-state index in [9.17, 15) is 31.2 Å². The van der Waals surface area contributed by atoms with Crippen molar-refractivity contribution in [2.75, 3.05) is 31.2 Å². The molecule has 0 aliphatic carbocycles. The summed E-state index contributed by atoms with van der Waals surface area (Å²) in [4.78, 5) is 29.0. The van der Waals surface area contributed by atoms with Crippen molar-refractivity contribution in [3.8, 4) is 0 Å². The highest BCUT2D eigenvalue weighted by molar-refractivity contribution is 7.89. The third-order valence-corrected chi connectivity index (χ3v) is 8.61. The minimum atomic E-state index is -4.67. The van der Waals surface area contributed by atoms with Crippen LogP contribution in [0.25, 0.3) is 0 Å². The van der Waals surface area contributed by atoms with Crippen molar-refractivity contribution in [2.45, 2.75) is 49.3 Å². The van der Waals surface area contributed by atoms with Gasteiger partial charge in [0.25, 0.3) is 0 Å². The molecule has 37 heavy (non-hydrogen) atoms. The molecule has 2 saturated heterocycles. The highest BCUT2D eigenvalue weighted by Crippen LogP contribution is 2.40. The second-order valence-electron chi connectivity index (χ2n) is 9.59. The fourth-order valence-corrected chi connectivity index (χ4v) is 6.43. The molecule has 2 amide bonds. The van der Waals surface area contributed by atoms with E-state index in [0.29, 0.717) is 6.07 Å². The predicted octanol–water partition coefficient (Wildman–Crippen LogP) is 3.06. The number of nitrogens with one attached hydrogen (secondary N) is 1. The Labute approximate surface area is 214 Å². The van der Waals surface area contributed by atoms with E-state index in [-0.39, 0.29) is 57.0 Å². The van der Waals surface area contributed by atoms with Gasteiger partial charge in [-0.1, -0.05) is 24.3 Å². The molecule has 2 aromatic carbocycles. The monoisotopic (exact) mass is 538 g/mol. The molecule has 0 bridgehead atoms. The quantitative estimate of drug-likeness (QED) is 0.611. The summed E-state index contributed by atoms with van der Waals surface area (Å²) in [6, 6.07) is 12.8. The highest BCUT2D eigenvalue weighted by atomic mass is 32.2. The van der Waals surface area contributed by atoms with Crippen molar-refractivity contribution < 1.29 is 31.2 Å². The number of benzene rings is 2. The highest BCUT2D eigenvalue weighted by Gasteiger charge is 2.55. The van der Waals surface area contributed by atoms with Crippen LogP contribution in [0, 0.1) is 0 Å². The molecule has 0 atom stereocenters. The molecular formula is C25H29F3N4O4S. The van der Waals surface area contributed by atoms with Gasteiger partial charge in [-0.2, -0.15) is 17.5 Å². The Hall–Kier alpha value is -3.12. The molecule has 2 aliphatic rings. The summed E-state index contributed by atoms with van der Waals surface area (Å²) >= 11 is 0. The summed E-state index contributed by atoms with van der Waals surface area (Å²) < 4.78 is 67.0. The molecule has 2 aliphatic heterocycles. The van der Waals surface area contributed by atoms with E-state index < -0.39 is 32.2 Å². The molecular weight excluding hydrogens is 509 g/mol. The van der Waals surface area contributed by atoms with E-state index in [4.69, 9.17) is 0 Å². The summed E-state index contributed by atoms with van der Waals surface area (Å²) in [6.07, 6.45) is -4.42. The second kappa shape index (κ2) is 9.97. The first kappa shape index (κ1) is 26.9. The molecule has 1 spiro atoms. The van der Waals surface area contributed by atoms with Gasteiger partial charge < -0.3 is 15.1 Å². The van der Waals surface area contributed by atoms with Crippen molar-refractivity contribution >= 4 is 27.5 Å². The van der Waals surface area contributed by atoms with Crippen molar-refractivity contribution in [3.05, 3.63) is 60.2 Å². The molecule has 2 fully saturated rings. The Morgan fingerprint density at radius 2 is 1.70 bits per heavy atom. The lowest BCUT2D eigenvalue weighted by Crippen LogP contribution is -2.57. The lowest BCUT2D eigenvalue weighted by molar-refractivity contribution is -0.137. The van der Waals surface area contributed by atoms with Gasteiger partial charge in [0.1, 0.15) is 12.1 Å². The zero-order valence-corrected chi connectivity index (χ0v) is 21.3. The molecule has 12 heteroatoms. The summed E-state index contributed by atoms with van der Waals surface area (Å²) in [5, 5.41) is 2.78. The maximum Gasteiger partial charge on any atom is 0.416 e. The van der Waals surface area contributed by atoms with Crippen LogP contribution in [0.3, 0.4) is 0 Å². The molecule has 0 saturated carbocycles. The van der Waals surface area contributed by atoms with E-state index in [2.05, 4.69) is 5.32 Å². The van der Waals surface area contributed by atoms with Crippen molar-refractivity contribution in [1.82, 2.24) is 14.5 Å². The number of halogens is 3. The number of rotatable bonds is 6.